The molecule has 218 valence electrons. The largest absolute Gasteiger partial charge is 0.465 e. The Labute approximate surface area is 251 Å². The Balaban J connectivity index is 1.24. The van der Waals surface area contributed by atoms with Gasteiger partial charge in [-0.2, -0.15) is 0 Å². The van der Waals surface area contributed by atoms with Crippen LogP contribution in [0.2, 0.25) is 5.02 Å². The van der Waals surface area contributed by atoms with Gasteiger partial charge in [0.25, 0.3) is 15.9 Å². The fourth-order valence-corrected chi connectivity index (χ4v) is 6.70. The van der Waals surface area contributed by atoms with Crippen LogP contribution < -0.4 is 10.6 Å². The maximum Gasteiger partial charge on any atom is 0.409 e. The normalized spacial score (nSPS) is 15.0. The lowest BCUT2D eigenvalue weighted by molar-refractivity contribution is 0.0791. The van der Waals surface area contributed by atoms with Crippen molar-refractivity contribution in [1.29, 1.82) is 0 Å². The Morgan fingerprint density at radius 2 is 1.70 bits per heavy atom. The van der Waals surface area contributed by atoms with Crippen LogP contribution in [0.5, 0.6) is 0 Å². The molecular formula is C30H25ClN6O5S. The zero-order valence-corrected chi connectivity index (χ0v) is 24.1. The number of benzene rings is 3. The van der Waals surface area contributed by atoms with Gasteiger partial charge in [0.2, 0.25) is 5.95 Å². The van der Waals surface area contributed by atoms with Crippen LogP contribution >= 0.6 is 11.6 Å². The number of hydrogen-bond acceptors (Lipinski definition) is 7. The summed E-state index contributed by atoms with van der Waals surface area (Å²) in [7, 11) is -3.89. The highest BCUT2D eigenvalue weighted by atomic mass is 35.5. The number of amides is 2. The zero-order valence-electron chi connectivity index (χ0n) is 22.5. The van der Waals surface area contributed by atoms with Crippen molar-refractivity contribution in [3.8, 4) is 11.3 Å². The van der Waals surface area contributed by atoms with E-state index in [4.69, 9.17) is 16.7 Å². The molecule has 0 bridgehead atoms. The van der Waals surface area contributed by atoms with Crippen molar-refractivity contribution >= 4 is 56.2 Å². The Hall–Kier alpha value is -4.94. The van der Waals surface area contributed by atoms with Crippen LogP contribution in [-0.4, -0.2) is 63.5 Å². The summed E-state index contributed by atoms with van der Waals surface area (Å²) in [6.07, 6.45) is 2.47. The first kappa shape index (κ1) is 28.2. The summed E-state index contributed by atoms with van der Waals surface area (Å²) in [6.45, 7) is 0.917. The van der Waals surface area contributed by atoms with E-state index in [1.165, 1.54) is 28.5 Å². The molecule has 0 aliphatic carbocycles. The van der Waals surface area contributed by atoms with E-state index in [1.54, 1.807) is 59.5 Å². The molecule has 6 rings (SSSR count). The van der Waals surface area contributed by atoms with E-state index in [-0.39, 0.29) is 21.9 Å². The second-order valence-electron chi connectivity index (χ2n) is 9.95. The molecule has 1 aliphatic heterocycles. The maximum atomic E-state index is 13.5. The van der Waals surface area contributed by atoms with Crippen LogP contribution in [0.25, 0.3) is 22.2 Å². The SMILES string of the molecule is O=C(O)Nc1ccc(C(=O)N2CCC(Nc3ncc(Cl)c(-c4cn(S(=O)(=O)c5ccccc5)c5ccccc45)n3)C2)cc1. The standard InChI is InChI=1S/C30H25ClN6O5S/c31-25-16-32-29(33-21-14-15-36(17-21)28(38)19-10-12-20(13-11-19)34-30(39)40)35-27(25)24-18-37(26-9-5-4-8-23(24)26)43(41,42)22-6-2-1-3-7-22/h1-13,16,18,21,34H,14-15,17H2,(H,39,40)(H,32,33,35). The lowest BCUT2D eigenvalue weighted by Crippen LogP contribution is -2.31. The summed E-state index contributed by atoms with van der Waals surface area (Å²) in [5.74, 6) is 0.127. The average Bonchev–Trinajstić information content (AvgIpc) is 3.64. The molecule has 1 atom stereocenters. The molecule has 0 radical (unpaired) electrons. The molecule has 3 aromatic carbocycles. The molecule has 43 heavy (non-hydrogen) atoms. The van der Waals surface area contributed by atoms with E-state index >= 15 is 0 Å². The molecule has 3 heterocycles. The molecule has 5 aromatic rings. The van der Waals surface area contributed by atoms with Crippen molar-refractivity contribution < 1.29 is 23.1 Å². The van der Waals surface area contributed by atoms with Gasteiger partial charge in [0.15, 0.2) is 0 Å². The summed E-state index contributed by atoms with van der Waals surface area (Å²) in [5, 5.41) is 15.3. The highest BCUT2D eigenvalue weighted by Gasteiger charge is 2.28. The van der Waals surface area contributed by atoms with Crippen molar-refractivity contribution in [3.05, 3.63) is 102 Å². The predicted molar refractivity (Wildman–Crippen MR) is 163 cm³/mol. The van der Waals surface area contributed by atoms with Gasteiger partial charge in [-0.05, 0) is 48.9 Å². The van der Waals surface area contributed by atoms with E-state index in [0.29, 0.717) is 58.9 Å². The van der Waals surface area contributed by atoms with Gasteiger partial charge in [-0.25, -0.2) is 27.2 Å². The lowest BCUT2D eigenvalue weighted by atomic mass is 10.1. The molecule has 13 heteroatoms. The van der Waals surface area contributed by atoms with Crippen LogP contribution in [0, 0.1) is 0 Å². The fraction of sp³-hybridized carbons (Fsp3) is 0.133. The number of aromatic nitrogens is 3. The molecular weight excluding hydrogens is 592 g/mol. The van der Waals surface area contributed by atoms with Crippen molar-refractivity contribution in [2.24, 2.45) is 0 Å². The number of carboxylic acid groups (broad SMARTS) is 1. The quantitative estimate of drug-likeness (QED) is 0.220. The van der Waals surface area contributed by atoms with Crippen molar-refractivity contribution in [2.75, 3.05) is 23.7 Å². The van der Waals surface area contributed by atoms with E-state index in [9.17, 15) is 18.0 Å². The number of para-hydroxylation sites is 1. The van der Waals surface area contributed by atoms with E-state index in [2.05, 4.69) is 20.6 Å². The first-order chi connectivity index (χ1) is 20.7. The lowest BCUT2D eigenvalue weighted by Gasteiger charge is -2.17. The molecule has 1 saturated heterocycles. The third-order valence-electron chi connectivity index (χ3n) is 7.17. The summed E-state index contributed by atoms with van der Waals surface area (Å²) >= 11 is 6.56. The first-order valence-corrected chi connectivity index (χ1v) is 15.1. The third kappa shape index (κ3) is 5.62. The fourth-order valence-electron chi connectivity index (χ4n) is 5.12. The minimum atomic E-state index is -3.89. The summed E-state index contributed by atoms with van der Waals surface area (Å²) < 4.78 is 28.3. The number of carbonyl (C=O) groups is 2. The van der Waals surface area contributed by atoms with Gasteiger partial charge in [0, 0.05) is 47.5 Å². The smallest absolute Gasteiger partial charge is 0.409 e. The molecule has 0 saturated carbocycles. The topological polar surface area (TPSA) is 147 Å². The Bertz CT molecular complexity index is 1950. The summed E-state index contributed by atoms with van der Waals surface area (Å²) in [4.78, 5) is 34.7. The van der Waals surface area contributed by atoms with Gasteiger partial charge in [0.05, 0.1) is 27.3 Å². The predicted octanol–water partition coefficient (Wildman–Crippen LogP) is 5.41. The van der Waals surface area contributed by atoms with Crippen molar-refractivity contribution in [2.45, 2.75) is 17.4 Å². The highest BCUT2D eigenvalue weighted by molar-refractivity contribution is 7.90. The Kier molecular flexibility index (Phi) is 7.46. The molecule has 1 unspecified atom stereocenters. The summed E-state index contributed by atoms with van der Waals surface area (Å²) in [6, 6.07) is 21.4. The zero-order chi connectivity index (χ0) is 30.1. The van der Waals surface area contributed by atoms with Gasteiger partial charge in [-0.1, -0.05) is 48.0 Å². The Morgan fingerprint density at radius 1 is 0.977 bits per heavy atom. The molecule has 1 fully saturated rings. The van der Waals surface area contributed by atoms with Crippen LogP contribution in [0.3, 0.4) is 0 Å². The van der Waals surface area contributed by atoms with Crippen LogP contribution in [0.1, 0.15) is 16.8 Å². The number of carbonyl (C=O) groups excluding carboxylic acids is 1. The van der Waals surface area contributed by atoms with Gasteiger partial charge < -0.3 is 15.3 Å². The first-order valence-electron chi connectivity index (χ1n) is 13.3. The van der Waals surface area contributed by atoms with E-state index < -0.39 is 16.1 Å². The van der Waals surface area contributed by atoms with Crippen molar-refractivity contribution in [1.82, 2.24) is 18.8 Å². The van der Waals surface area contributed by atoms with E-state index in [0.717, 1.165) is 0 Å². The average molecular weight is 617 g/mol. The van der Waals surface area contributed by atoms with Gasteiger partial charge >= 0.3 is 6.09 Å². The number of hydrogen-bond donors (Lipinski definition) is 3. The Morgan fingerprint density at radius 3 is 2.44 bits per heavy atom. The van der Waals surface area contributed by atoms with Crippen LogP contribution in [0.15, 0.2) is 96.2 Å². The monoisotopic (exact) mass is 616 g/mol. The number of fused-ring (bicyclic) bond motifs is 1. The number of nitrogens with one attached hydrogen (secondary N) is 2. The molecule has 3 N–H and O–H groups in total. The molecule has 1 aliphatic rings. The number of anilines is 2. The third-order valence-corrected chi connectivity index (χ3v) is 9.13. The van der Waals surface area contributed by atoms with Gasteiger partial charge in [-0.15, -0.1) is 0 Å². The maximum absolute atomic E-state index is 13.5. The van der Waals surface area contributed by atoms with E-state index in [1.807, 2.05) is 12.1 Å². The minimum Gasteiger partial charge on any atom is -0.465 e. The second kappa shape index (κ2) is 11.4. The minimum absolute atomic E-state index is 0.134. The molecule has 2 amide bonds. The second-order valence-corrected chi connectivity index (χ2v) is 12.2. The van der Waals surface area contributed by atoms with Crippen LogP contribution in [0.4, 0.5) is 16.4 Å². The molecule has 0 spiro atoms. The van der Waals surface area contributed by atoms with Gasteiger partial charge in [-0.3, -0.25) is 10.1 Å². The number of nitrogens with zero attached hydrogens (tertiary/aromatic N) is 4. The van der Waals surface area contributed by atoms with Gasteiger partial charge in [0.1, 0.15) is 0 Å². The molecule has 2 aromatic heterocycles. The summed E-state index contributed by atoms with van der Waals surface area (Å²) in [5.41, 5.74) is 2.22. The molecule has 11 nitrogen and oxygen atoms in total. The van der Waals surface area contributed by atoms with Crippen molar-refractivity contribution in [3.63, 3.8) is 0 Å². The number of likely N-dealkylation sites (tertiary alicyclic amines) is 1. The van der Waals surface area contributed by atoms with Crippen LogP contribution in [-0.2, 0) is 10.0 Å². The number of halogens is 1. The highest BCUT2D eigenvalue weighted by Crippen LogP contribution is 2.36. The number of rotatable bonds is 7.